The Morgan fingerprint density at radius 1 is 1.12 bits per heavy atom. The van der Waals surface area contributed by atoms with Gasteiger partial charge in [0.25, 0.3) is 5.91 Å². The molecule has 7 heteroatoms. The van der Waals surface area contributed by atoms with E-state index in [1.807, 2.05) is 23.6 Å². The van der Waals surface area contributed by atoms with E-state index in [9.17, 15) is 9.18 Å². The number of ether oxygens (including phenoxy) is 1. The van der Waals surface area contributed by atoms with Crippen molar-refractivity contribution in [3.05, 3.63) is 65.3 Å². The maximum atomic E-state index is 13.5. The summed E-state index contributed by atoms with van der Waals surface area (Å²) in [4.78, 5) is 12.9. The second-order valence-electron chi connectivity index (χ2n) is 4.82. The topological polar surface area (TPSA) is 64.1 Å². The first-order valence-electron chi connectivity index (χ1n) is 7.27. The Hall–Kier alpha value is -2.80. The number of benzene rings is 1. The molecule has 2 heterocycles. The molecule has 3 aromatic rings. The molecule has 1 amide bonds. The molecule has 0 aliphatic heterocycles. The van der Waals surface area contributed by atoms with Gasteiger partial charge in [0, 0.05) is 6.07 Å². The second-order valence-corrected chi connectivity index (χ2v) is 5.77. The van der Waals surface area contributed by atoms with Crippen LogP contribution >= 0.6 is 11.3 Å². The van der Waals surface area contributed by atoms with Crippen LogP contribution in [0.1, 0.15) is 10.4 Å². The van der Waals surface area contributed by atoms with Crippen molar-refractivity contribution in [2.45, 2.75) is 0 Å². The molecule has 1 aromatic carbocycles. The highest BCUT2D eigenvalue weighted by Gasteiger charge is 2.09. The number of halogens is 1. The minimum absolute atomic E-state index is 0.0117. The van der Waals surface area contributed by atoms with Crippen LogP contribution in [0.2, 0.25) is 0 Å². The maximum Gasteiger partial charge on any atom is 0.254 e. The zero-order valence-corrected chi connectivity index (χ0v) is 13.4. The predicted octanol–water partition coefficient (Wildman–Crippen LogP) is 3.15. The minimum Gasteiger partial charge on any atom is -0.475 e. The van der Waals surface area contributed by atoms with E-state index in [0.29, 0.717) is 5.88 Å². The number of aromatic nitrogens is 2. The third-order valence-electron chi connectivity index (χ3n) is 3.17. The van der Waals surface area contributed by atoms with Crippen molar-refractivity contribution in [2.24, 2.45) is 0 Å². The molecule has 5 nitrogen and oxygen atoms in total. The number of hydrogen-bond donors (Lipinski definition) is 1. The lowest BCUT2D eigenvalue weighted by Crippen LogP contribution is -2.28. The molecule has 0 unspecified atom stereocenters. The molecule has 0 spiro atoms. The summed E-state index contributed by atoms with van der Waals surface area (Å²) in [7, 11) is 0. The predicted molar refractivity (Wildman–Crippen MR) is 89.6 cm³/mol. The summed E-state index contributed by atoms with van der Waals surface area (Å²) in [5, 5.41) is 12.6. The van der Waals surface area contributed by atoms with Crippen LogP contribution in [0.5, 0.6) is 5.88 Å². The van der Waals surface area contributed by atoms with Crippen LogP contribution in [-0.4, -0.2) is 29.3 Å². The Bertz CT molecular complexity index is 807. The molecule has 122 valence electrons. The van der Waals surface area contributed by atoms with Crippen molar-refractivity contribution < 1.29 is 13.9 Å². The highest BCUT2D eigenvalue weighted by Crippen LogP contribution is 2.22. The third-order valence-corrected chi connectivity index (χ3v) is 4.06. The maximum absolute atomic E-state index is 13.5. The minimum atomic E-state index is -0.550. The fourth-order valence-corrected chi connectivity index (χ4v) is 2.70. The van der Waals surface area contributed by atoms with Crippen LogP contribution in [0.15, 0.2) is 53.9 Å². The molecule has 0 atom stereocenters. The van der Waals surface area contributed by atoms with Crippen LogP contribution in [0.25, 0.3) is 10.6 Å². The highest BCUT2D eigenvalue weighted by molar-refractivity contribution is 7.13. The average Bonchev–Trinajstić information content (AvgIpc) is 3.14. The van der Waals surface area contributed by atoms with Gasteiger partial charge < -0.3 is 10.1 Å². The Kier molecular flexibility index (Phi) is 5.12. The summed E-state index contributed by atoms with van der Waals surface area (Å²) in [5.41, 5.74) is 0.794. The van der Waals surface area contributed by atoms with Crippen molar-refractivity contribution >= 4 is 17.2 Å². The molecule has 1 N–H and O–H groups in total. The quantitative estimate of drug-likeness (QED) is 0.698. The van der Waals surface area contributed by atoms with Gasteiger partial charge in [-0.2, -0.15) is 0 Å². The molecular formula is C17H14FN3O2S. The Labute approximate surface area is 142 Å². The Morgan fingerprint density at radius 3 is 2.71 bits per heavy atom. The number of hydrogen-bond acceptors (Lipinski definition) is 5. The van der Waals surface area contributed by atoms with Crippen molar-refractivity contribution in [3.8, 4) is 16.5 Å². The normalized spacial score (nSPS) is 10.4. The summed E-state index contributed by atoms with van der Waals surface area (Å²) in [5.74, 6) is -0.655. The van der Waals surface area contributed by atoms with Gasteiger partial charge in [-0.25, -0.2) is 4.39 Å². The molecule has 2 aromatic heterocycles. The fourth-order valence-electron chi connectivity index (χ4n) is 2.01. The first kappa shape index (κ1) is 16.1. The lowest BCUT2D eigenvalue weighted by atomic mass is 10.2. The largest absolute Gasteiger partial charge is 0.475 e. The third kappa shape index (κ3) is 3.94. The van der Waals surface area contributed by atoms with Crippen LogP contribution in [0.4, 0.5) is 4.39 Å². The summed E-state index contributed by atoms with van der Waals surface area (Å²) in [6.45, 7) is 0.453. The van der Waals surface area contributed by atoms with Gasteiger partial charge in [0.05, 0.1) is 17.0 Å². The number of thiophene rings is 1. The van der Waals surface area contributed by atoms with E-state index in [2.05, 4.69) is 15.5 Å². The second kappa shape index (κ2) is 7.65. The van der Waals surface area contributed by atoms with Gasteiger partial charge in [-0.05, 0) is 29.6 Å². The molecule has 0 saturated heterocycles. The zero-order valence-electron chi connectivity index (χ0n) is 12.6. The van der Waals surface area contributed by atoms with E-state index in [-0.39, 0.29) is 18.7 Å². The summed E-state index contributed by atoms with van der Waals surface area (Å²) < 4.78 is 18.9. The van der Waals surface area contributed by atoms with Gasteiger partial charge in [0.15, 0.2) is 0 Å². The molecular weight excluding hydrogens is 329 g/mol. The molecule has 0 fully saturated rings. The molecule has 0 saturated carbocycles. The van der Waals surface area contributed by atoms with Crippen LogP contribution < -0.4 is 10.1 Å². The monoisotopic (exact) mass is 343 g/mol. The van der Waals surface area contributed by atoms with E-state index in [0.717, 1.165) is 10.6 Å². The average molecular weight is 343 g/mol. The number of nitrogens with one attached hydrogen (secondary N) is 1. The summed E-state index contributed by atoms with van der Waals surface area (Å²) in [6, 6.07) is 13.3. The molecule has 3 rings (SSSR count). The smallest absolute Gasteiger partial charge is 0.254 e. The van der Waals surface area contributed by atoms with E-state index >= 15 is 0 Å². The van der Waals surface area contributed by atoms with Gasteiger partial charge in [-0.1, -0.05) is 18.2 Å². The number of carbonyl (C=O) groups excluding carboxylic acids is 1. The zero-order chi connectivity index (χ0) is 16.8. The lowest BCUT2D eigenvalue weighted by Gasteiger charge is -2.07. The lowest BCUT2D eigenvalue weighted by molar-refractivity contribution is 0.0942. The van der Waals surface area contributed by atoms with Crippen molar-refractivity contribution in [3.63, 3.8) is 0 Å². The van der Waals surface area contributed by atoms with Crippen LogP contribution in [0, 0.1) is 5.82 Å². The first-order chi connectivity index (χ1) is 11.7. The van der Waals surface area contributed by atoms with Crippen molar-refractivity contribution in [2.75, 3.05) is 13.2 Å². The van der Waals surface area contributed by atoms with E-state index < -0.39 is 11.7 Å². The summed E-state index contributed by atoms with van der Waals surface area (Å²) >= 11 is 1.58. The highest BCUT2D eigenvalue weighted by atomic mass is 32.1. The molecule has 24 heavy (non-hydrogen) atoms. The first-order valence-corrected chi connectivity index (χ1v) is 8.15. The number of rotatable bonds is 6. The Balaban J connectivity index is 1.47. The molecule has 0 aliphatic rings. The molecule has 0 aliphatic carbocycles. The van der Waals surface area contributed by atoms with Gasteiger partial charge in [-0.3, -0.25) is 4.79 Å². The van der Waals surface area contributed by atoms with Gasteiger partial charge in [-0.15, -0.1) is 21.5 Å². The summed E-state index contributed by atoms with van der Waals surface area (Å²) in [6.07, 6.45) is 0. The van der Waals surface area contributed by atoms with Crippen molar-refractivity contribution in [1.82, 2.24) is 15.5 Å². The van der Waals surface area contributed by atoms with Gasteiger partial charge in [0.2, 0.25) is 5.88 Å². The standard InChI is InChI=1S/C17H14FN3O2S/c18-13-5-2-1-4-12(13)17(22)19-9-10-23-16-8-7-14(20-21-16)15-6-3-11-24-15/h1-8,11H,9-10H2,(H,19,22). The van der Waals surface area contributed by atoms with Crippen LogP contribution in [-0.2, 0) is 0 Å². The van der Waals surface area contributed by atoms with Crippen molar-refractivity contribution in [1.29, 1.82) is 0 Å². The number of carbonyl (C=O) groups is 1. The Morgan fingerprint density at radius 2 is 2.00 bits per heavy atom. The number of nitrogens with zero attached hydrogens (tertiary/aromatic N) is 2. The SMILES string of the molecule is O=C(NCCOc1ccc(-c2cccs2)nn1)c1ccccc1F. The van der Waals surface area contributed by atoms with E-state index in [4.69, 9.17) is 4.74 Å². The molecule has 0 bridgehead atoms. The van der Waals surface area contributed by atoms with E-state index in [1.165, 1.54) is 18.2 Å². The molecule has 0 radical (unpaired) electrons. The van der Waals surface area contributed by atoms with Gasteiger partial charge >= 0.3 is 0 Å². The number of amides is 1. The van der Waals surface area contributed by atoms with Crippen LogP contribution in [0.3, 0.4) is 0 Å². The van der Waals surface area contributed by atoms with Gasteiger partial charge in [0.1, 0.15) is 18.1 Å². The van der Waals surface area contributed by atoms with E-state index in [1.54, 1.807) is 23.5 Å². The fraction of sp³-hybridized carbons (Fsp3) is 0.118.